The molecular weight excluding hydrogens is 369 g/mol. The van der Waals surface area contributed by atoms with Crippen LogP contribution in [-0.2, 0) is 20.7 Å². The molecule has 0 saturated carbocycles. The second kappa shape index (κ2) is 9.42. The molecule has 5 nitrogen and oxygen atoms in total. The molecular formula is C16H19BrFNO4. The van der Waals surface area contributed by atoms with Gasteiger partial charge < -0.3 is 15.2 Å². The lowest BCUT2D eigenvalue weighted by atomic mass is 10.00. The largest absolute Gasteiger partial charge is 0.480 e. The molecule has 2 unspecified atom stereocenters. The zero-order valence-electron chi connectivity index (χ0n) is 12.7. The number of halogens is 2. The highest BCUT2D eigenvalue weighted by Gasteiger charge is 2.23. The highest BCUT2D eigenvalue weighted by atomic mass is 79.9. The van der Waals surface area contributed by atoms with Crippen molar-refractivity contribution in [1.82, 2.24) is 5.32 Å². The predicted molar refractivity (Wildman–Crippen MR) is 87.6 cm³/mol. The number of aliphatic carboxylic acids is 1. The second-order valence-electron chi connectivity index (χ2n) is 5.08. The topological polar surface area (TPSA) is 75.6 Å². The fraction of sp³-hybridized carbons (Fsp3) is 0.375. The van der Waals surface area contributed by atoms with E-state index in [1.54, 1.807) is 19.1 Å². The third-order valence-electron chi connectivity index (χ3n) is 3.11. The molecule has 0 aliphatic carbocycles. The third kappa shape index (κ3) is 6.50. The van der Waals surface area contributed by atoms with E-state index in [4.69, 9.17) is 9.84 Å². The number of carbonyl (C=O) groups excluding carboxylic acids is 1. The van der Waals surface area contributed by atoms with Gasteiger partial charge in [0.25, 0.3) is 0 Å². The lowest BCUT2D eigenvalue weighted by Crippen LogP contribution is -2.46. The van der Waals surface area contributed by atoms with Crippen molar-refractivity contribution < 1.29 is 23.8 Å². The van der Waals surface area contributed by atoms with Gasteiger partial charge in [-0.3, -0.25) is 4.79 Å². The fourth-order valence-corrected chi connectivity index (χ4v) is 2.30. The van der Waals surface area contributed by atoms with Crippen molar-refractivity contribution in [3.8, 4) is 0 Å². The van der Waals surface area contributed by atoms with E-state index in [1.165, 1.54) is 12.1 Å². The van der Waals surface area contributed by atoms with Gasteiger partial charge in [-0.15, -0.1) is 6.58 Å². The second-order valence-corrected chi connectivity index (χ2v) is 5.93. The van der Waals surface area contributed by atoms with Crippen molar-refractivity contribution in [3.63, 3.8) is 0 Å². The number of carboxylic acid groups (broad SMARTS) is 1. The van der Waals surface area contributed by atoms with E-state index in [9.17, 15) is 14.0 Å². The molecule has 0 fully saturated rings. The SMILES string of the molecule is C=CCOCC(NC(=O)C(C)Cc1ccc(F)c(Br)c1)C(=O)O. The fourth-order valence-electron chi connectivity index (χ4n) is 1.87. The number of nitrogens with one attached hydrogen (secondary N) is 1. The molecule has 1 aromatic rings. The van der Waals surface area contributed by atoms with Crippen LogP contribution in [0.4, 0.5) is 4.39 Å². The molecule has 0 heterocycles. The van der Waals surface area contributed by atoms with Crippen LogP contribution in [0, 0.1) is 11.7 Å². The first-order valence-electron chi connectivity index (χ1n) is 7.01. The minimum Gasteiger partial charge on any atom is -0.480 e. The number of hydrogen-bond acceptors (Lipinski definition) is 3. The van der Waals surface area contributed by atoms with Crippen LogP contribution in [0.25, 0.3) is 0 Å². The van der Waals surface area contributed by atoms with Crippen LogP contribution in [0.15, 0.2) is 35.3 Å². The maximum absolute atomic E-state index is 13.2. The first kappa shape index (κ1) is 19.3. The van der Waals surface area contributed by atoms with Gasteiger partial charge in [0.05, 0.1) is 17.7 Å². The molecule has 126 valence electrons. The smallest absolute Gasteiger partial charge is 0.328 e. The number of rotatable bonds is 9. The molecule has 0 aliphatic heterocycles. The van der Waals surface area contributed by atoms with Crippen LogP contribution >= 0.6 is 15.9 Å². The number of carbonyl (C=O) groups is 2. The maximum atomic E-state index is 13.2. The van der Waals surface area contributed by atoms with Gasteiger partial charge in [0, 0.05) is 5.92 Å². The Morgan fingerprint density at radius 2 is 2.22 bits per heavy atom. The number of benzene rings is 1. The van der Waals surface area contributed by atoms with Crippen LogP contribution in [0.2, 0.25) is 0 Å². The maximum Gasteiger partial charge on any atom is 0.328 e. The first-order valence-corrected chi connectivity index (χ1v) is 7.80. The highest BCUT2D eigenvalue weighted by Crippen LogP contribution is 2.19. The Morgan fingerprint density at radius 3 is 2.78 bits per heavy atom. The van der Waals surface area contributed by atoms with Crippen LogP contribution in [0.5, 0.6) is 0 Å². The lowest BCUT2D eigenvalue weighted by Gasteiger charge is -2.18. The summed E-state index contributed by atoms with van der Waals surface area (Å²) in [7, 11) is 0. The third-order valence-corrected chi connectivity index (χ3v) is 3.72. The Bertz CT molecular complexity index is 579. The monoisotopic (exact) mass is 387 g/mol. The van der Waals surface area contributed by atoms with Gasteiger partial charge in [-0.1, -0.05) is 19.1 Å². The number of carboxylic acids is 1. The van der Waals surface area contributed by atoms with Gasteiger partial charge in [0.15, 0.2) is 6.04 Å². The molecule has 0 aliphatic rings. The Kier molecular flexibility index (Phi) is 7.91. The van der Waals surface area contributed by atoms with Crippen LogP contribution in [0.1, 0.15) is 12.5 Å². The Morgan fingerprint density at radius 1 is 1.52 bits per heavy atom. The molecule has 1 amide bonds. The molecule has 0 aromatic heterocycles. The van der Waals surface area contributed by atoms with Crippen molar-refractivity contribution in [1.29, 1.82) is 0 Å². The molecule has 0 saturated heterocycles. The molecule has 1 aromatic carbocycles. The Hall–Kier alpha value is -1.73. The minimum absolute atomic E-state index is 0.137. The molecule has 0 radical (unpaired) electrons. The molecule has 7 heteroatoms. The summed E-state index contributed by atoms with van der Waals surface area (Å²) < 4.78 is 18.6. The zero-order valence-corrected chi connectivity index (χ0v) is 14.3. The van der Waals surface area contributed by atoms with Crippen LogP contribution < -0.4 is 5.32 Å². The molecule has 2 atom stereocenters. The summed E-state index contributed by atoms with van der Waals surface area (Å²) in [5, 5.41) is 11.5. The van der Waals surface area contributed by atoms with Crippen LogP contribution in [-0.4, -0.2) is 36.2 Å². The molecule has 0 spiro atoms. The summed E-state index contributed by atoms with van der Waals surface area (Å²) in [6, 6.07) is 3.38. The van der Waals surface area contributed by atoms with Crippen molar-refractivity contribution in [2.75, 3.05) is 13.2 Å². The van der Waals surface area contributed by atoms with Crippen molar-refractivity contribution in [3.05, 3.63) is 46.7 Å². The van der Waals surface area contributed by atoms with E-state index in [-0.39, 0.29) is 19.0 Å². The van der Waals surface area contributed by atoms with E-state index in [1.807, 2.05) is 0 Å². The molecule has 23 heavy (non-hydrogen) atoms. The summed E-state index contributed by atoms with van der Waals surface area (Å²) in [6.45, 7) is 5.21. The van der Waals surface area contributed by atoms with Crippen LogP contribution in [0.3, 0.4) is 0 Å². The van der Waals surface area contributed by atoms with E-state index < -0.39 is 23.8 Å². The van der Waals surface area contributed by atoms with E-state index in [0.29, 0.717) is 10.9 Å². The van der Waals surface area contributed by atoms with Crippen molar-refractivity contribution >= 4 is 27.8 Å². The number of ether oxygens (including phenoxy) is 1. The minimum atomic E-state index is -1.17. The summed E-state index contributed by atoms with van der Waals surface area (Å²) in [5.74, 6) is -2.41. The zero-order chi connectivity index (χ0) is 17.4. The Balaban J connectivity index is 2.61. The van der Waals surface area contributed by atoms with E-state index in [0.717, 1.165) is 5.56 Å². The first-order chi connectivity index (χ1) is 10.8. The predicted octanol–water partition coefficient (Wildman–Crippen LogP) is 2.54. The van der Waals surface area contributed by atoms with Gasteiger partial charge in [-0.2, -0.15) is 0 Å². The average Bonchev–Trinajstić information content (AvgIpc) is 2.49. The van der Waals surface area contributed by atoms with Gasteiger partial charge in [-0.05, 0) is 40.0 Å². The van der Waals surface area contributed by atoms with Gasteiger partial charge in [-0.25, -0.2) is 9.18 Å². The van der Waals surface area contributed by atoms with E-state index >= 15 is 0 Å². The summed E-state index contributed by atoms with van der Waals surface area (Å²) in [4.78, 5) is 23.2. The standard InChI is InChI=1S/C16H19BrFNO4/c1-3-6-23-9-14(16(21)22)19-15(20)10(2)7-11-4-5-13(18)12(17)8-11/h3-5,8,10,14H,1,6-7,9H2,2H3,(H,19,20)(H,21,22). The summed E-state index contributed by atoms with van der Waals surface area (Å²) >= 11 is 3.09. The molecule has 1 rings (SSSR count). The lowest BCUT2D eigenvalue weighted by molar-refractivity contribution is -0.144. The van der Waals surface area contributed by atoms with Gasteiger partial charge in [0.2, 0.25) is 5.91 Å². The van der Waals surface area contributed by atoms with Crippen molar-refractivity contribution in [2.24, 2.45) is 5.92 Å². The number of hydrogen-bond donors (Lipinski definition) is 2. The van der Waals surface area contributed by atoms with Gasteiger partial charge in [0.1, 0.15) is 5.82 Å². The van der Waals surface area contributed by atoms with Gasteiger partial charge >= 0.3 is 5.97 Å². The molecule has 2 N–H and O–H groups in total. The Labute approximate surface area is 142 Å². The molecule has 0 bridgehead atoms. The quantitative estimate of drug-likeness (QED) is 0.504. The normalized spacial score (nSPS) is 13.2. The summed E-state index contributed by atoms with van der Waals surface area (Å²) in [6.07, 6.45) is 1.86. The van der Waals surface area contributed by atoms with E-state index in [2.05, 4.69) is 27.8 Å². The summed E-state index contributed by atoms with van der Waals surface area (Å²) in [5.41, 5.74) is 0.774. The number of amides is 1. The highest BCUT2D eigenvalue weighted by molar-refractivity contribution is 9.10. The average molecular weight is 388 g/mol. The van der Waals surface area contributed by atoms with Crippen molar-refractivity contribution in [2.45, 2.75) is 19.4 Å².